The maximum Gasteiger partial charge on any atom is 0.278 e. The van der Waals surface area contributed by atoms with Crippen molar-refractivity contribution in [1.29, 1.82) is 0 Å². The zero-order valence-corrected chi connectivity index (χ0v) is 13.8. The molecule has 0 aliphatic carbocycles. The fourth-order valence-electron chi connectivity index (χ4n) is 2.13. The molecule has 23 heavy (non-hydrogen) atoms. The highest BCUT2D eigenvalue weighted by atomic mass is 79.9. The highest BCUT2D eigenvalue weighted by Gasteiger charge is 2.15. The molecule has 0 saturated carbocycles. The zero-order chi connectivity index (χ0) is 16.4. The van der Waals surface area contributed by atoms with E-state index >= 15 is 0 Å². The molecule has 118 valence electrons. The Morgan fingerprint density at radius 1 is 1.35 bits per heavy atom. The Morgan fingerprint density at radius 2 is 2.17 bits per heavy atom. The van der Waals surface area contributed by atoms with Gasteiger partial charge >= 0.3 is 0 Å². The molecule has 3 aromatic rings. The van der Waals surface area contributed by atoms with Crippen LogP contribution in [0.2, 0.25) is 0 Å². The maximum absolute atomic E-state index is 13.2. The number of carbonyl (C=O) groups excluding carboxylic acids is 1. The van der Waals surface area contributed by atoms with Gasteiger partial charge in [-0.15, -0.1) is 0 Å². The van der Waals surface area contributed by atoms with Crippen LogP contribution in [0, 0.1) is 5.82 Å². The molecule has 0 aliphatic rings. The van der Waals surface area contributed by atoms with E-state index in [1.807, 2.05) is 6.07 Å². The van der Waals surface area contributed by atoms with E-state index in [-0.39, 0.29) is 17.4 Å². The molecule has 1 N–H and O–H groups in total. The first-order chi connectivity index (χ1) is 11.0. The Balaban J connectivity index is 1.70. The number of nitrogens with one attached hydrogen (secondary N) is 1. The molecule has 0 fully saturated rings. The number of rotatable bonds is 4. The molecule has 0 saturated heterocycles. The van der Waals surface area contributed by atoms with Gasteiger partial charge in [-0.25, -0.2) is 4.39 Å². The van der Waals surface area contributed by atoms with E-state index < -0.39 is 0 Å². The minimum atomic E-state index is -0.353. The van der Waals surface area contributed by atoms with E-state index in [1.165, 1.54) is 12.1 Å². The van der Waals surface area contributed by atoms with E-state index in [2.05, 4.69) is 31.4 Å². The van der Waals surface area contributed by atoms with E-state index in [1.54, 1.807) is 40.9 Å². The molecule has 0 bridgehead atoms. The normalized spacial score (nSPS) is 10.7. The molecule has 0 radical (unpaired) electrons. The van der Waals surface area contributed by atoms with Gasteiger partial charge in [0.2, 0.25) is 0 Å². The van der Waals surface area contributed by atoms with Gasteiger partial charge in [0.05, 0.1) is 11.0 Å². The number of carbonyl (C=O) groups is 1. The van der Waals surface area contributed by atoms with Crippen molar-refractivity contribution in [3.8, 4) is 0 Å². The van der Waals surface area contributed by atoms with Crippen molar-refractivity contribution in [2.24, 2.45) is 7.05 Å². The van der Waals surface area contributed by atoms with Crippen molar-refractivity contribution >= 4 is 27.7 Å². The summed E-state index contributed by atoms with van der Waals surface area (Å²) in [5.74, 6) is -0.236. The second-order valence-corrected chi connectivity index (χ2v) is 5.84. The number of amides is 1. The third-order valence-corrected chi connectivity index (χ3v) is 3.70. The first kappa shape index (κ1) is 15.4. The topological polar surface area (TPSA) is 64.7 Å². The van der Waals surface area contributed by atoms with Gasteiger partial charge in [0, 0.05) is 25.5 Å². The van der Waals surface area contributed by atoms with Crippen LogP contribution < -0.4 is 5.32 Å². The van der Waals surface area contributed by atoms with Crippen LogP contribution in [0.1, 0.15) is 16.1 Å². The van der Waals surface area contributed by atoms with Crippen LogP contribution in [0.5, 0.6) is 0 Å². The summed E-state index contributed by atoms with van der Waals surface area (Å²) in [5, 5.41) is 11.0. The molecule has 1 aromatic carbocycles. The molecule has 1 amide bonds. The summed E-state index contributed by atoms with van der Waals surface area (Å²) in [5.41, 5.74) is 1.07. The molecule has 0 spiro atoms. The number of hydrogen-bond donors (Lipinski definition) is 1. The van der Waals surface area contributed by atoms with Crippen molar-refractivity contribution in [2.75, 3.05) is 5.32 Å². The predicted octanol–water partition coefficient (Wildman–Crippen LogP) is 2.82. The van der Waals surface area contributed by atoms with E-state index in [9.17, 15) is 9.18 Å². The lowest BCUT2D eigenvalue weighted by Crippen LogP contribution is -2.14. The summed E-state index contributed by atoms with van der Waals surface area (Å²) in [7, 11) is 1.73. The number of aromatic nitrogens is 4. The van der Waals surface area contributed by atoms with E-state index in [4.69, 9.17) is 0 Å². The van der Waals surface area contributed by atoms with E-state index in [0.29, 0.717) is 16.8 Å². The maximum atomic E-state index is 13.2. The second-order valence-electron chi connectivity index (χ2n) is 4.98. The summed E-state index contributed by atoms with van der Waals surface area (Å²) in [6.07, 6.45) is 3.41. The number of halogens is 2. The molecule has 0 unspecified atom stereocenters. The summed E-state index contributed by atoms with van der Waals surface area (Å²) in [4.78, 5) is 12.1. The highest BCUT2D eigenvalue weighted by Crippen LogP contribution is 2.16. The SMILES string of the molecule is Cn1cc(Br)c(C(=O)Nc2ccn(Cc3cccc(F)c3)n2)n1. The monoisotopic (exact) mass is 377 g/mol. The van der Waals surface area contributed by atoms with Crippen LogP contribution in [0.15, 0.2) is 47.2 Å². The highest BCUT2D eigenvalue weighted by molar-refractivity contribution is 9.10. The lowest BCUT2D eigenvalue weighted by atomic mass is 10.2. The fourth-order valence-corrected chi connectivity index (χ4v) is 2.68. The molecule has 2 aromatic heterocycles. The van der Waals surface area contributed by atoms with Crippen LogP contribution in [0.25, 0.3) is 0 Å². The zero-order valence-electron chi connectivity index (χ0n) is 12.2. The van der Waals surface area contributed by atoms with Crippen LogP contribution in [0.4, 0.5) is 10.2 Å². The summed E-state index contributed by atoms with van der Waals surface area (Å²) in [6.45, 7) is 0.418. The van der Waals surface area contributed by atoms with Gasteiger partial charge in [0.1, 0.15) is 5.82 Å². The minimum Gasteiger partial charge on any atom is -0.304 e. The third kappa shape index (κ3) is 3.65. The lowest BCUT2D eigenvalue weighted by molar-refractivity contribution is 0.102. The molecule has 6 nitrogen and oxygen atoms in total. The van der Waals surface area contributed by atoms with Crippen LogP contribution in [-0.4, -0.2) is 25.5 Å². The first-order valence-electron chi connectivity index (χ1n) is 6.79. The van der Waals surface area contributed by atoms with Crippen LogP contribution >= 0.6 is 15.9 Å². The van der Waals surface area contributed by atoms with E-state index in [0.717, 1.165) is 5.56 Å². The number of hydrogen-bond acceptors (Lipinski definition) is 3. The number of aryl methyl sites for hydroxylation is 1. The molecule has 8 heteroatoms. The number of nitrogens with zero attached hydrogens (tertiary/aromatic N) is 4. The molecular formula is C15H13BrFN5O. The van der Waals surface area contributed by atoms with Gasteiger partial charge in [-0.2, -0.15) is 10.2 Å². The Kier molecular flexibility index (Phi) is 4.24. The number of anilines is 1. The largest absolute Gasteiger partial charge is 0.304 e. The molecule has 0 atom stereocenters. The lowest BCUT2D eigenvalue weighted by Gasteiger charge is -2.02. The quantitative estimate of drug-likeness (QED) is 0.760. The minimum absolute atomic E-state index is 0.284. The van der Waals surface area contributed by atoms with Gasteiger partial charge in [0.15, 0.2) is 11.5 Å². The predicted molar refractivity (Wildman–Crippen MR) is 86.6 cm³/mol. The Bertz CT molecular complexity index is 857. The standard InChI is InChI=1S/C15H13BrFN5O/c1-21-9-12(16)14(20-21)15(23)18-13-5-6-22(19-13)8-10-3-2-4-11(17)7-10/h2-7,9H,8H2,1H3,(H,18,19,23). The van der Waals surface area contributed by atoms with Gasteiger partial charge in [-0.1, -0.05) is 12.1 Å². The molecule has 2 heterocycles. The summed E-state index contributed by atoms with van der Waals surface area (Å²) < 4.78 is 16.9. The summed E-state index contributed by atoms with van der Waals surface area (Å²) >= 11 is 3.28. The Morgan fingerprint density at radius 3 is 2.87 bits per heavy atom. The second kappa shape index (κ2) is 6.33. The average molecular weight is 378 g/mol. The molecule has 0 aliphatic heterocycles. The third-order valence-electron chi connectivity index (χ3n) is 3.12. The van der Waals surface area contributed by atoms with Crippen molar-refractivity contribution in [3.63, 3.8) is 0 Å². The average Bonchev–Trinajstić information content (AvgIpc) is 3.05. The van der Waals surface area contributed by atoms with Crippen molar-refractivity contribution in [3.05, 3.63) is 64.3 Å². The van der Waals surface area contributed by atoms with Crippen LogP contribution in [0.3, 0.4) is 0 Å². The summed E-state index contributed by atoms with van der Waals surface area (Å²) in [6, 6.07) is 7.98. The van der Waals surface area contributed by atoms with Gasteiger partial charge in [-0.05, 0) is 33.6 Å². The molecule has 3 rings (SSSR count). The Hall–Kier alpha value is -2.48. The van der Waals surface area contributed by atoms with Crippen molar-refractivity contribution in [2.45, 2.75) is 6.54 Å². The smallest absolute Gasteiger partial charge is 0.278 e. The Labute approximate surface area is 140 Å². The molecular weight excluding hydrogens is 365 g/mol. The van der Waals surface area contributed by atoms with Gasteiger partial charge in [-0.3, -0.25) is 14.2 Å². The van der Waals surface area contributed by atoms with Gasteiger partial charge < -0.3 is 5.32 Å². The van der Waals surface area contributed by atoms with Crippen molar-refractivity contribution in [1.82, 2.24) is 19.6 Å². The number of benzene rings is 1. The van der Waals surface area contributed by atoms with Crippen molar-refractivity contribution < 1.29 is 9.18 Å². The first-order valence-corrected chi connectivity index (χ1v) is 7.59. The fraction of sp³-hybridized carbons (Fsp3) is 0.133. The van der Waals surface area contributed by atoms with Gasteiger partial charge in [0.25, 0.3) is 5.91 Å². The van der Waals surface area contributed by atoms with Crippen LogP contribution in [-0.2, 0) is 13.6 Å².